The van der Waals surface area contributed by atoms with Crippen LogP contribution in [0, 0.1) is 5.92 Å². The van der Waals surface area contributed by atoms with Crippen molar-refractivity contribution in [1.29, 1.82) is 0 Å². The summed E-state index contributed by atoms with van der Waals surface area (Å²) >= 11 is 0. The number of halogens is 1. The van der Waals surface area contributed by atoms with Gasteiger partial charge in [0, 0.05) is 20.1 Å². The van der Waals surface area contributed by atoms with E-state index in [9.17, 15) is 14.7 Å². The fourth-order valence-electron chi connectivity index (χ4n) is 4.62. The number of carboxylic acid groups (broad SMARTS) is 1. The monoisotopic (exact) mass is 510 g/mol. The number of aliphatic carboxylic acids is 1. The van der Waals surface area contributed by atoms with E-state index in [2.05, 4.69) is 31.3 Å². The van der Waals surface area contributed by atoms with Crippen molar-refractivity contribution in [3.05, 3.63) is 47.5 Å². The number of nitrogens with zero attached hydrogens (tertiary/aromatic N) is 1. The maximum atomic E-state index is 12.9. The molecule has 7 heteroatoms. The number of methoxy groups -OCH3 is 1. The highest BCUT2D eigenvalue weighted by Gasteiger charge is 2.58. The van der Waals surface area contributed by atoms with Crippen LogP contribution < -0.4 is 5.32 Å². The molecule has 2 unspecified atom stereocenters. The Bertz CT molecular complexity index is 787. The van der Waals surface area contributed by atoms with Gasteiger partial charge < -0.3 is 15.2 Å². The molecule has 0 aliphatic rings. The van der Waals surface area contributed by atoms with Crippen LogP contribution in [0.15, 0.2) is 36.4 Å². The van der Waals surface area contributed by atoms with Crippen LogP contribution in [0.3, 0.4) is 0 Å². The predicted molar refractivity (Wildman–Crippen MR) is 146 cm³/mol. The number of hydrogen-bond donors (Lipinski definition) is 2. The third kappa shape index (κ3) is 8.33. The van der Waals surface area contributed by atoms with Gasteiger partial charge >= 0.3 is 5.97 Å². The molecule has 0 aromatic heterocycles. The Balaban J connectivity index is 0.0000116. The summed E-state index contributed by atoms with van der Waals surface area (Å²) in [5.41, 5.74) is -0.637. The first-order valence-corrected chi connectivity index (χ1v) is 12.7. The van der Waals surface area contributed by atoms with Crippen molar-refractivity contribution in [2.24, 2.45) is 5.92 Å². The Labute approximate surface area is 218 Å². The standard InChI is InChI=1S/C28H46N2O4.ClH/c1-8-27(6,34-7)28(26(32)33,30(9-2)10-3)24-19-17-23(18-20-24)21-29-25(31)16-14-12-11-13-15-22(4)5;/h13,15,17-20,22H,8-12,14,16,21H2,1-7H3,(H,29,31)(H,32,33);1H. The number of allylic oxidation sites excluding steroid dienone is 2. The lowest BCUT2D eigenvalue weighted by Gasteiger charge is -2.50. The zero-order valence-corrected chi connectivity index (χ0v) is 23.5. The minimum absolute atomic E-state index is 0. The van der Waals surface area contributed by atoms with Crippen LogP contribution in [0.25, 0.3) is 0 Å². The SMILES string of the molecule is CCN(CC)C(C(=O)O)(c1ccc(CNC(=O)CCCCC=CC(C)C)cc1)C(C)(CC)OC.Cl. The Morgan fingerprint density at radius 2 is 1.71 bits per heavy atom. The molecule has 0 radical (unpaired) electrons. The van der Waals surface area contributed by atoms with Crippen molar-refractivity contribution in [1.82, 2.24) is 10.2 Å². The van der Waals surface area contributed by atoms with E-state index in [1.807, 2.05) is 56.9 Å². The molecular weight excluding hydrogens is 464 g/mol. The molecule has 0 saturated carbocycles. The van der Waals surface area contributed by atoms with Gasteiger partial charge in [-0.05, 0) is 62.7 Å². The second-order valence-electron chi connectivity index (χ2n) is 9.37. The van der Waals surface area contributed by atoms with E-state index in [0.29, 0.717) is 44.0 Å². The van der Waals surface area contributed by atoms with Gasteiger partial charge in [-0.1, -0.05) is 71.0 Å². The fourth-order valence-corrected chi connectivity index (χ4v) is 4.62. The van der Waals surface area contributed by atoms with Crippen molar-refractivity contribution >= 4 is 24.3 Å². The minimum Gasteiger partial charge on any atom is -0.480 e. The lowest BCUT2D eigenvalue weighted by atomic mass is 9.72. The molecule has 2 N–H and O–H groups in total. The highest BCUT2D eigenvalue weighted by Crippen LogP contribution is 2.43. The van der Waals surface area contributed by atoms with Crippen molar-refractivity contribution in [3.63, 3.8) is 0 Å². The summed E-state index contributed by atoms with van der Waals surface area (Å²) in [6.45, 7) is 13.6. The highest BCUT2D eigenvalue weighted by molar-refractivity contribution is 5.85. The van der Waals surface area contributed by atoms with Crippen LogP contribution >= 0.6 is 12.4 Å². The lowest BCUT2D eigenvalue weighted by molar-refractivity contribution is -0.182. The summed E-state index contributed by atoms with van der Waals surface area (Å²) in [5.74, 6) is -0.322. The van der Waals surface area contributed by atoms with Crippen molar-refractivity contribution in [2.45, 2.75) is 91.3 Å². The van der Waals surface area contributed by atoms with E-state index < -0.39 is 17.1 Å². The largest absolute Gasteiger partial charge is 0.480 e. The zero-order chi connectivity index (χ0) is 25.8. The number of carboxylic acids is 1. The molecule has 1 amide bonds. The molecule has 0 aliphatic carbocycles. The summed E-state index contributed by atoms with van der Waals surface area (Å²) in [7, 11) is 1.58. The lowest BCUT2D eigenvalue weighted by Crippen LogP contribution is -2.65. The Morgan fingerprint density at radius 3 is 2.17 bits per heavy atom. The Hall–Kier alpha value is -1.89. The number of unbranched alkanes of at least 4 members (excludes halogenated alkanes) is 2. The third-order valence-corrected chi connectivity index (χ3v) is 6.84. The average Bonchev–Trinajstić information content (AvgIpc) is 2.82. The number of nitrogens with one attached hydrogen (secondary N) is 1. The molecular formula is C28H47ClN2O4. The number of benzene rings is 1. The number of likely N-dealkylation sites (N-methyl/N-ethyl adjacent to an activating group) is 1. The van der Waals surface area contributed by atoms with E-state index in [1.54, 1.807) is 7.11 Å². The van der Waals surface area contributed by atoms with Crippen LogP contribution in [-0.2, 0) is 26.4 Å². The maximum Gasteiger partial charge on any atom is 0.331 e. The van der Waals surface area contributed by atoms with Crippen LogP contribution in [-0.4, -0.2) is 47.7 Å². The number of hydrogen-bond acceptors (Lipinski definition) is 4. The third-order valence-electron chi connectivity index (χ3n) is 6.84. The quantitative estimate of drug-likeness (QED) is 0.213. The molecule has 0 spiro atoms. The topological polar surface area (TPSA) is 78.9 Å². The van der Waals surface area contributed by atoms with E-state index in [1.165, 1.54) is 0 Å². The summed E-state index contributed by atoms with van der Waals surface area (Å²) in [5, 5.41) is 13.5. The second-order valence-corrected chi connectivity index (χ2v) is 9.37. The first-order chi connectivity index (χ1) is 16.1. The average molecular weight is 511 g/mol. The normalized spacial score (nSPS) is 15.0. The second kappa shape index (κ2) is 16.0. The summed E-state index contributed by atoms with van der Waals surface area (Å²) in [6.07, 6.45) is 8.31. The fraction of sp³-hybridized carbons (Fsp3) is 0.643. The van der Waals surface area contributed by atoms with Gasteiger partial charge in [-0.25, -0.2) is 4.79 Å². The molecule has 1 aromatic rings. The number of ether oxygens (including phenoxy) is 1. The van der Waals surface area contributed by atoms with Crippen LogP contribution in [0.1, 0.15) is 84.8 Å². The molecule has 2 atom stereocenters. The van der Waals surface area contributed by atoms with Gasteiger partial charge in [0.05, 0.1) is 5.60 Å². The highest BCUT2D eigenvalue weighted by atomic mass is 35.5. The molecule has 0 bridgehead atoms. The summed E-state index contributed by atoms with van der Waals surface area (Å²) < 4.78 is 5.85. The van der Waals surface area contributed by atoms with Crippen LogP contribution in [0.4, 0.5) is 0 Å². The molecule has 35 heavy (non-hydrogen) atoms. The van der Waals surface area contributed by atoms with Gasteiger partial charge in [0.25, 0.3) is 0 Å². The molecule has 0 heterocycles. The van der Waals surface area contributed by atoms with Crippen molar-refractivity contribution < 1.29 is 19.4 Å². The number of carbonyl (C=O) groups is 2. The summed E-state index contributed by atoms with van der Waals surface area (Å²) in [6, 6.07) is 7.53. The van der Waals surface area contributed by atoms with E-state index >= 15 is 0 Å². The van der Waals surface area contributed by atoms with Gasteiger partial charge in [-0.15, -0.1) is 12.4 Å². The first-order valence-electron chi connectivity index (χ1n) is 12.7. The van der Waals surface area contributed by atoms with E-state index in [-0.39, 0.29) is 18.3 Å². The number of carbonyl (C=O) groups excluding carboxylic acids is 1. The minimum atomic E-state index is -1.33. The van der Waals surface area contributed by atoms with Crippen molar-refractivity contribution in [2.75, 3.05) is 20.2 Å². The first kappa shape index (κ1) is 33.1. The molecule has 6 nitrogen and oxygen atoms in total. The number of rotatable bonds is 16. The van der Waals surface area contributed by atoms with Gasteiger partial charge in [0.1, 0.15) is 0 Å². The van der Waals surface area contributed by atoms with Gasteiger partial charge in [0.2, 0.25) is 5.91 Å². The van der Waals surface area contributed by atoms with E-state index in [0.717, 1.165) is 24.8 Å². The molecule has 0 fully saturated rings. The smallest absolute Gasteiger partial charge is 0.331 e. The number of amides is 1. The Morgan fingerprint density at radius 1 is 1.11 bits per heavy atom. The van der Waals surface area contributed by atoms with Crippen molar-refractivity contribution in [3.8, 4) is 0 Å². The van der Waals surface area contributed by atoms with Gasteiger partial charge in [-0.3, -0.25) is 9.69 Å². The molecule has 1 rings (SSSR count). The van der Waals surface area contributed by atoms with Gasteiger partial charge in [0.15, 0.2) is 5.54 Å². The molecule has 0 saturated heterocycles. The molecule has 0 aliphatic heterocycles. The zero-order valence-electron chi connectivity index (χ0n) is 22.7. The molecule has 1 aromatic carbocycles. The summed E-state index contributed by atoms with van der Waals surface area (Å²) in [4.78, 5) is 27.0. The van der Waals surface area contributed by atoms with E-state index in [4.69, 9.17) is 4.74 Å². The van der Waals surface area contributed by atoms with Crippen LogP contribution in [0.5, 0.6) is 0 Å². The van der Waals surface area contributed by atoms with Crippen LogP contribution in [0.2, 0.25) is 0 Å². The van der Waals surface area contributed by atoms with Gasteiger partial charge in [-0.2, -0.15) is 0 Å². The molecule has 200 valence electrons. The Kier molecular flexibility index (Phi) is 15.1. The predicted octanol–water partition coefficient (Wildman–Crippen LogP) is 5.93. The maximum absolute atomic E-state index is 12.9.